The Balaban J connectivity index is 1.87. The molecule has 5 heteroatoms. The van der Waals surface area contributed by atoms with Gasteiger partial charge in [-0.05, 0) is 30.7 Å². The van der Waals surface area contributed by atoms with Gasteiger partial charge in [0.15, 0.2) is 0 Å². The third-order valence-corrected chi connectivity index (χ3v) is 4.34. The minimum absolute atomic E-state index is 0.274. The predicted molar refractivity (Wildman–Crippen MR) is 101 cm³/mol. The van der Waals surface area contributed by atoms with Gasteiger partial charge in [0.25, 0.3) is 5.91 Å². The second-order valence-corrected chi connectivity index (χ2v) is 6.28. The van der Waals surface area contributed by atoms with E-state index in [1.54, 1.807) is 12.1 Å². The fourth-order valence-corrected chi connectivity index (χ4v) is 3.10. The number of aromatic nitrogens is 3. The van der Waals surface area contributed by atoms with Crippen LogP contribution >= 0.6 is 0 Å². The van der Waals surface area contributed by atoms with Crippen molar-refractivity contribution in [2.24, 2.45) is 5.73 Å². The predicted octanol–water partition coefficient (Wildman–Crippen LogP) is 3.39. The smallest absolute Gasteiger partial charge is 0.267 e. The summed E-state index contributed by atoms with van der Waals surface area (Å²) in [6.07, 6.45) is 2.58. The first-order chi connectivity index (χ1) is 12.6. The van der Waals surface area contributed by atoms with Gasteiger partial charge in [-0.3, -0.25) is 4.79 Å². The van der Waals surface area contributed by atoms with Crippen LogP contribution < -0.4 is 5.73 Å². The zero-order chi connectivity index (χ0) is 18.1. The summed E-state index contributed by atoms with van der Waals surface area (Å²) in [7, 11) is 0. The van der Waals surface area contributed by atoms with Crippen LogP contribution in [0, 0.1) is 6.92 Å². The Morgan fingerprint density at radius 3 is 2.62 bits per heavy atom. The van der Waals surface area contributed by atoms with Crippen LogP contribution in [0.25, 0.3) is 16.8 Å². The monoisotopic (exact) mass is 342 g/mol. The van der Waals surface area contributed by atoms with E-state index in [9.17, 15) is 4.79 Å². The van der Waals surface area contributed by atoms with Crippen molar-refractivity contribution in [3.05, 3.63) is 89.4 Å². The van der Waals surface area contributed by atoms with Gasteiger partial charge in [0, 0.05) is 29.4 Å². The SMILES string of the molecule is Cc1ccc2c(Cc3cccc(C(N)=O)n3)c(-c3ccccc3)nn2c1. The molecule has 26 heavy (non-hydrogen) atoms. The number of aryl methyl sites for hydroxylation is 1. The first kappa shape index (κ1) is 16.0. The van der Waals surface area contributed by atoms with Gasteiger partial charge in [-0.15, -0.1) is 0 Å². The van der Waals surface area contributed by atoms with E-state index in [0.29, 0.717) is 6.42 Å². The molecule has 3 heterocycles. The lowest BCUT2D eigenvalue weighted by Gasteiger charge is -2.05. The Hall–Kier alpha value is -3.47. The van der Waals surface area contributed by atoms with E-state index >= 15 is 0 Å². The second-order valence-electron chi connectivity index (χ2n) is 6.28. The first-order valence-electron chi connectivity index (χ1n) is 8.41. The van der Waals surface area contributed by atoms with Crippen molar-refractivity contribution in [3.8, 4) is 11.3 Å². The van der Waals surface area contributed by atoms with Crippen LogP contribution in [0.2, 0.25) is 0 Å². The molecular weight excluding hydrogens is 324 g/mol. The summed E-state index contributed by atoms with van der Waals surface area (Å²) in [5.41, 5.74) is 11.6. The van der Waals surface area contributed by atoms with Crippen LogP contribution in [0.15, 0.2) is 66.9 Å². The molecule has 0 fully saturated rings. The van der Waals surface area contributed by atoms with Gasteiger partial charge >= 0.3 is 0 Å². The highest BCUT2D eigenvalue weighted by Crippen LogP contribution is 2.28. The molecule has 5 nitrogen and oxygen atoms in total. The average molecular weight is 342 g/mol. The van der Waals surface area contributed by atoms with E-state index < -0.39 is 5.91 Å². The van der Waals surface area contributed by atoms with Gasteiger partial charge in [-0.25, -0.2) is 9.50 Å². The van der Waals surface area contributed by atoms with Crippen LogP contribution in [-0.4, -0.2) is 20.5 Å². The molecule has 3 aromatic heterocycles. The minimum Gasteiger partial charge on any atom is -0.364 e. The highest BCUT2D eigenvalue weighted by Gasteiger charge is 2.16. The Kier molecular flexibility index (Phi) is 3.97. The van der Waals surface area contributed by atoms with E-state index in [1.165, 1.54) is 0 Å². The number of fused-ring (bicyclic) bond motifs is 1. The Morgan fingerprint density at radius 2 is 1.85 bits per heavy atom. The molecule has 0 aliphatic carbocycles. The number of amides is 1. The lowest BCUT2D eigenvalue weighted by Crippen LogP contribution is -2.13. The number of carbonyl (C=O) groups excluding carboxylic acids is 1. The molecular formula is C21H18N4O. The standard InChI is InChI=1S/C21H18N4O/c1-14-10-11-19-17(12-16-8-5-9-18(23-16)21(22)26)20(24-25(19)13-14)15-6-3-2-4-7-15/h2-11,13H,12H2,1H3,(H2,22,26). The number of hydrogen-bond acceptors (Lipinski definition) is 3. The van der Waals surface area contributed by atoms with E-state index in [4.69, 9.17) is 10.8 Å². The molecule has 0 saturated carbocycles. The van der Waals surface area contributed by atoms with Crippen molar-refractivity contribution >= 4 is 11.4 Å². The number of pyridine rings is 2. The Bertz CT molecular complexity index is 1100. The number of nitrogens with two attached hydrogens (primary N) is 1. The Labute approximate surface area is 151 Å². The van der Waals surface area contributed by atoms with Gasteiger partial charge in [0.05, 0.1) is 11.2 Å². The normalized spacial score (nSPS) is 11.0. The third-order valence-electron chi connectivity index (χ3n) is 4.34. The van der Waals surface area contributed by atoms with Gasteiger partial charge in [-0.1, -0.05) is 42.5 Å². The molecule has 0 aliphatic heterocycles. The van der Waals surface area contributed by atoms with E-state index in [1.807, 2.05) is 54.0 Å². The molecule has 0 atom stereocenters. The molecule has 4 aromatic rings. The van der Waals surface area contributed by atoms with Crippen molar-refractivity contribution in [1.29, 1.82) is 0 Å². The van der Waals surface area contributed by atoms with Crippen LogP contribution in [0.5, 0.6) is 0 Å². The van der Waals surface area contributed by atoms with Gasteiger partial charge in [0.2, 0.25) is 0 Å². The molecule has 0 spiro atoms. The summed E-state index contributed by atoms with van der Waals surface area (Å²) in [6.45, 7) is 2.04. The van der Waals surface area contributed by atoms with Crippen molar-refractivity contribution < 1.29 is 4.79 Å². The maximum atomic E-state index is 11.4. The van der Waals surface area contributed by atoms with E-state index in [2.05, 4.69) is 17.1 Å². The quantitative estimate of drug-likeness (QED) is 0.618. The molecule has 1 amide bonds. The third kappa shape index (κ3) is 2.95. The molecule has 0 aliphatic rings. The number of benzene rings is 1. The average Bonchev–Trinajstić information content (AvgIpc) is 3.00. The highest BCUT2D eigenvalue weighted by atomic mass is 16.1. The summed E-state index contributed by atoms with van der Waals surface area (Å²) in [5, 5.41) is 4.79. The number of carbonyl (C=O) groups is 1. The van der Waals surface area contributed by atoms with E-state index in [-0.39, 0.29) is 5.69 Å². The zero-order valence-corrected chi connectivity index (χ0v) is 14.4. The number of nitrogens with zero attached hydrogens (tertiary/aromatic N) is 3. The maximum absolute atomic E-state index is 11.4. The molecule has 0 radical (unpaired) electrons. The topological polar surface area (TPSA) is 73.3 Å². The molecule has 2 N–H and O–H groups in total. The van der Waals surface area contributed by atoms with Crippen LogP contribution in [0.3, 0.4) is 0 Å². The summed E-state index contributed by atoms with van der Waals surface area (Å²) >= 11 is 0. The summed E-state index contributed by atoms with van der Waals surface area (Å²) in [4.78, 5) is 15.8. The van der Waals surface area contributed by atoms with Gasteiger partial charge in [0.1, 0.15) is 5.69 Å². The molecule has 0 unspecified atom stereocenters. The Morgan fingerprint density at radius 1 is 1.04 bits per heavy atom. The molecule has 0 saturated heterocycles. The van der Waals surface area contributed by atoms with Crippen molar-refractivity contribution in [2.45, 2.75) is 13.3 Å². The number of primary amides is 1. The fourth-order valence-electron chi connectivity index (χ4n) is 3.10. The van der Waals surface area contributed by atoms with Gasteiger partial charge in [-0.2, -0.15) is 5.10 Å². The van der Waals surface area contributed by atoms with Crippen molar-refractivity contribution in [2.75, 3.05) is 0 Å². The number of rotatable bonds is 4. The summed E-state index contributed by atoms with van der Waals surface area (Å²) in [6, 6.07) is 19.6. The van der Waals surface area contributed by atoms with Gasteiger partial charge < -0.3 is 5.73 Å². The summed E-state index contributed by atoms with van der Waals surface area (Å²) in [5.74, 6) is -0.523. The largest absolute Gasteiger partial charge is 0.364 e. The minimum atomic E-state index is -0.523. The molecule has 4 rings (SSSR count). The first-order valence-corrected chi connectivity index (χ1v) is 8.41. The molecule has 0 bridgehead atoms. The zero-order valence-electron chi connectivity index (χ0n) is 14.4. The highest BCUT2D eigenvalue weighted by molar-refractivity contribution is 5.90. The fraction of sp³-hybridized carbons (Fsp3) is 0.0952. The maximum Gasteiger partial charge on any atom is 0.267 e. The molecule has 128 valence electrons. The van der Waals surface area contributed by atoms with Crippen molar-refractivity contribution in [3.63, 3.8) is 0 Å². The lowest BCUT2D eigenvalue weighted by atomic mass is 10.0. The van der Waals surface area contributed by atoms with Crippen LogP contribution in [0.4, 0.5) is 0 Å². The van der Waals surface area contributed by atoms with E-state index in [0.717, 1.165) is 33.6 Å². The van der Waals surface area contributed by atoms with Crippen LogP contribution in [-0.2, 0) is 6.42 Å². The number of hydrogen-bond donors (Lipinski definition) is 1. The van der Waals surface area contributed by atoms with Crippen LogP contribution in [0.1, 0.15) is 27.3 Å². The second kappa shape index (κ2) is 6.44. The molecule has 1 aromatic carbocycles. The summed E-state index contributed by atoms with van der Waals surface area (Å²) < 4.78 is 1.91. The lowest BCUT2D eigenvalue weighted by molar-refractivity contribution is 0.0995. The van der Waals surface area contributed by atoms with Crippen molar-refractivity contribution in [1.82, 2.24) is 14.6 Å².